The molecule has 0 aromatic heterocycles. The van der Waals surface area contributed by atoms with Crippen LogP contribution in [0.4, 0.5) is 0 Å². The molecule has 0 spiro atoms. The third-order valence-electron chi connectivity index (χ3n) is 7.69. The Morgan fingerprint density at radius 3 is 2.61 bits per heavy atom. The summed E-state index contributed by atoms with van der Waals surface area (Å²) in [5.41, 5.74) is 2.92. The zero-order chi connectivity index (χ0) is 19.9. The standard InChI is InChI=1S/C24H32O4/c1-4-22(25)27-16-7-9-17-15(14-16)6-8-19-18(17)12-13-24(3)20(19)10-11-21(24)28-23(26)5-2/h7,9,14,18-21H,4-6,8,10-13H2,1-3H3/t18-,19+,20-,21+,24+/m0/s1. The molecule has 152 valence electrons. The lowest BCUT2D eigenvalue weighted by atomic mass is 9.55. The van der Waals surface area contributed by atoms with Gasteiger partial charge in [0.15, 0.2) is 0 Å². The number of rotatable bonds is 4. The smallest absolute Gasteiger partial charge is 0.310 e. The molecule has 1 aromatic carbocycles. The predicted octanol–water partition coefficient (Wildman–Crippen LogP) is 5.18. The molecule has 0 unspecified atom stereocenters. The van der Waals surface area contributed by atoms with Crippen LogP contribution in [0.2, 0.25) is 0 Å². The van der Waals surface area contributed by atoms with Gasteiger partial charge in [0.1, 0.15) is 11.9 Å². The maximum Gasteiger partial charge on any atom is 0.310 e. The number of hydrogen-bond acceptors (Lipinski definition) is 4. The first-order valence-electron chi connectivity index (χ1n) is 11.0. The largest absolute Gasteiger partial charge is 0.462 e. The fraction of sp³-hybridized carbons (Fsp3) is 0.667. The topological polar surface area (TPSA) is 52.6 Å². The number of aryl methyl sites for hydroxylation is 1. The lowest BCUT2D eigenvalue weighted by Gasteiger charge is -2.50. The molecule has 28 heavy (non-hydrogen) atoms. The van der Waals surface area contributed by atoms with Crippen molar-refractivity contribution in [2.24, 2.45) is 17.3 Å². The van der Waals surface area contributed by atoms with Crippen molar-refractivity contribution in [2.45, 2.75) is 84.2 Å². The molecule has 4 nitrogen and oxygen atoms in total. The summed E-state index contributed by atoms with van der Waals surface area (Å²) in [5.74, 6) is 2.32. The number of hydrogen-bond donors (Lipinski definition) is 0. The third-order valence-corrected chi connectivity index (χ3v) is 7.69. The van der Waals surface area contributed by atoms with Crippen LogP contribution in [-0.4, -0.2) is 18.0 Å². The highest BCUT2D eigenvalue weighted by Crippen LogP contribution is 2.61. The predicted molar refractivity (Wildman–Crippen MR) is 107 cm³/mol. The molecule has 0 heterocycles. The summed E-state index contributed by atoms with van der Waals surface area (Å²) in [4.78, 5) is 23.5. The molecule has 4 rings (SSSR count). The second-order valence-electron chi connectivity index (χ2n) is 9.06. The van der Waals surface area contributed by atoms with Crippen molar-refractivity contribution < 1.29 is 19.1 Å². The molecule has 2 saturated carbocycles. The highest BCUT2D eigenvalue weighted by Gasteiger charge is 2.56. The van der Waals surface area contributed by atoms with Gasteiger partial charge in [0.25, 0.3) is 0 Å². The van der Waals surface area contributed by atoms with E-state index in [4.69, 9.17) is 9.47 Å². The van der Waals surface area contributed by atoms with E-state index in [0.29, 0.717) is 36.3 Å². The molecule has 0 saturated heterocycles. The Labute approximate surface area is 168 Å². The van der Waals surface area contributed by atoms with Crippen molar-refractivity contribution in [3.8, 4) is 5.75 Å². The maximum absolute atomic E-state index is 11.9. The summed E-state index contributed by atoms with van der Waals surface area (Å²) in [6.45, 7) is 6.05. The van der Waals surface area contributed by atoms with E-state index in [1.54, 1.807) is 0 Å². The van der Waals surface area contributed by atoms with Gasteiger partial charge in [0, 0.05) is 18.3 Å². The molecule has 3 aliphatic rings. The lowest BCUT2D eigenvalue weighted by Crippen LogP contribution is -2.45. The van der Waals surface area contributed by atoms with Crippen LogP contribution in [0.1, 0.15) is 82.8 Å². The SMILES string of the molecule is CCC(=O)Oc1ccc2c(c1)CC[C@@H]1[C@H]2CC[C@@]2(C)[C@H](OC(=O)CC)CC[C@@H]12. The summed E-state index contributed by atoms with van der Waals surface area (Å²) in [6, 6.07) is 6.23. The summed E-state index contributed by atoms with van der Waals surface area (Å²) < 4.78 is 11.3. The molecule has 0 aliphatic heterocycles. The van der Waals surface area contributed by atoms with Gasteiger partial charge in [-0.25, -0.2) is 0 Å². The molecule has 0 N–H and O–H groups in total. The first-order valence-corrected chi connectivity index (χ1v) is 11.0. The molecule has 2 fully saturated rings. The van der Waals surface area contributed by atoms with E-state index >= 15 is 0 Å². The summed E-state index contributed by atoms with van der Waals surface area (Å²) >= 11 is 0. The number of esters is 2. The van der Waals surface area contributed by atoms with Gasteiger partial charge in [-0.2, -0.15) is 0 Å². The Morgan fingerprint density at radius 1 is 1.07 bits per heavy atom. The Balaban J connectivity index is 1.54. The van der Waals surface area contributed by atoms with Crippen LogP contribution in [-0.2, 0) is 20.7 Å². The Kier molecular flexibility index (Phi) is 5.24. The Hall–Kier alpha value is -1.84. The first kappa shape index (κ1) is 19.5. The van der Waals surface area contributed by atoms with Gasteiger partial charge in [0.05, 0.1) is 0 Å². The molecule has 0 bridgehead atoms. The summed E-state index contributed by atoms with van der Waals surface area (Å²) in [7, 11) is 0. The molecule has 3 aliphatic carbocycles. The van der Waals surface area contributed by atoms with Gasteiger partial charge in [-0.05, 0) is 79.5 Å². The molecule has 4 heteroatoms. The highest BCUT2D eigenvalue weighted by molar-refractivity contribution is 5.72. The minimum atomic E-state index is -0.180. The van der Waals surface area contributed by atoms with E-state index in [9.17, 15) is 9.59 Å². The van der Waals surface area contributed by atoms with Crippen molar-refractivity contribution in [1.29, 1.82) is 0 Å². The molecule has 5 atom stereocenters. The Bertz CT molecular complexity index is 770. The molecule has 1 aromatic rings. The minimum Gasteiger partial charge on any atom is -0.462 e. The van der Waals surface area contributed by atoms with Crippen molar-refractivity contribution in [3.05, 3.63) is 29.3 Å². The third kappa shape index (κ3) is 3.25. The number of fused-ring (bicyclic) bond motifs is 5. The monoisotopic (exact) mass is 384 g/mol. The van der Waals surface area contributed by atoms with Gasteiger partial charge in [-0.3, -0.25) is 9.59 Å². The zero-order valence-electron chi connectivity index (χ0n) is 17.3. The number of ether oxygens (including phenoxy) is 2. The van der Waals surface area contributed by atoms with Gasteiger partial charge in [-0.15, -0.1) is 0 Å². The minimum absolute atomic E-state index is 0.0582. The zero-order valence-corrected chi connectivity index (χ0v) is 17.3. The number of carbonyl (C=O) groups excluding carboxylic acids is 2. The van der Waals surface area contributed by atoms with E-state index in [0.717, 1.165) is 25.7 Å². The van der Waals surface area contributed by atoms with Crippen molar-refractivity contribution in [3.63, 3.8) is 0 Å². The second-order valence-corrected chi connectivity index (χ2v) is 9.06. The number of carbonyl (C=O) groups is 2. The van der Waals surface area contributed by atoms with Crippen molar-refractivity contribution in [1.82, 2.24) is 0 Å². The Morgan fingerprint density at radius 2 is 1.86 bits per heavy atom. The normalized spacial score (nSPS) is 33.4. The molecular weight excluding hydrogens is 352 g/mol. The molecule has 0 radical (unpaired) electrons. The van der Waals surface area contributed by atoms with E-state index in [2.05, 4.69) is 19.1 Å². The average Bonchev–Trinajstić information content (AvgIpc) is 3.03. The molecule has 0 amide bonds. The van der Waals surface area contributed by atoms with Gasteiger partial charge in [0.2, 0.25) is 0 Å². The second kappa shape index (κ2) is 7.53. The van der Waals surface area contributed by atoms with Crippen LogP contribution >= 0.6 is 0 Å². The van der Waals surface area contributed by atoms with E-state index in [-0.39, 0.29) is 23.5 Å². The quantitative estimate of drug-likeness (QED) is 0.530. The number of benzene rings is 1. The van der Waals surface area contributed by atoms with Crippen LogP contribution in [0.15, 0.2) is 18.2 Å². The van der Waals surface area contributed by atoms with Crippen LogP contribution in [0.3, 0.4) is 0 Å². The summed E-state index contributed by atoms with van der Waals surface area (Å²) in [5, 5.41) is 0. The maximum atomic E-state index is 11.9. The van der Waals surface area contributed by atoms with Gasteiger partial charge < -0.3 is 9.47 Å². The van der Waals surface area contributed by atoms with E-state index in [1.807, 2.05) is 19.9 Å². The van der Waals surface area contributed by atoms with Crippen LogP contribution in [0.5, 0.6) is 5.75 Å². The van der Waals surface area contributed by atoms with Crippen molar-refractivity contribution in [2.75, 3.05) is 0 Å². The first-order chi connectivity index (χ1) is 13.5. The fourth-order valence-corrected chi connectivity index (χ4v) is 6.21. The van der Waals surface area contributed by atoms with Crippen LogP contribution in [0, 0.1) is 17.3 Å². The van der Waals surface area contributed by atoms with E-state index < -0.39 is 0 Å². The fourth-order valence-electron chi connectivity index (χ4n) is 6.21. The average molecular weight is 385 g/mol. The van der Waals surface area contributed by atoms with Crippen LogP contribution < -0.4 is 4.74 Å². The van der Waals surface area contributed by atoms with Gasteiger partial charge >= 0.3 is 11.9 Å². The van der Waals surface area contributed by atoms with Crippen LogP contribution in [0.25, 0.3) is 0 Å². The van der Waals surface area contributed by atoms with Crippen molar-refractivity contribution >= 4 is 11.9 Å². The summed E-state index contributed by atoms with van der Waals surface area (Å²) in [6.07, 6.45) is 7.61. The lowest BCUT2D eigenvalue weighted by molar-refractivity contribution is -0.157. The van der Waals surface area contributed by atoms with Gasteiger partial charge in [-0.1, -0.05) is 26.8 Å². The molecular formula is C24H32O4. The highest BCUT2D eigenvalue weighted by atomic mass is 16.5. The van der Waals surface area contributed by atoms with E-state index in [1.165, 1.54) is 24.0 Å².